The first-order valence-electron chi connectivity index (χ1n) is 7.12. The number of carbonyl (C=O) groups is 1. The molecule has 3 heteroatoms. The van der Waals surface area contributed by atoms with Crippen LogP contribution in [0.3, 0.4) is 0 Å². The van der Waals surface area contributed by atoms with Crippen LogP contribution < -0.4 is 0 Å². The van der Waals surface area contributed by atoms with Crippen molar-refractivity contribution in [1.82, 2.24) is 4.90 Å². The third-order valence-electron chi connectivity index (χ3n) is 4.01. The summed E-state index contributed by atoms with van der Waals surface area (Å²) >= 11 is 3.47. The van der Waals surface area contributed by atoms with Crippen molar-refractivity contribution in [3.8, 4) is 0 Å². The maximum Gasteiger partial charge on any atom is 0.227 e. The van der Waals surface area contributed by atoms with E-state index in [1.807, 2.05) is 12.1 Å². The second-order valence-corrected chi connectivity index (χ2v) is 6.11. The van der Waals surface area contributed by atoms with Crippen molar-refractivity contribution >= 4 is 21.8 Å². The van der Waals surface area contributed by atoms with Crippen LogP contribution in [0.4, 0.5) is 0 Å². The zero-order valence-corrected chi connectivity index (χ0v) is 13.2. The van der Waals surface area contributed by atoms with E-state index < -0.39 is 0 Å². The van der Waals surface area contributed by atoms with Crippen molar-refractivity contribution < 1.29 is 4.79 Å². The topological polar surface area (TPSA) is 20.3 Å². The van der Waals surface area contributed by atoms with Crippen LogP contribution in [-0.4, -0.2) is 28.7 Å². The Morgan fingerprint density at radius 3 is 2.63 bits per heavy atom. The lowest BCUT2D eigenvalue weighted by Gasteiger charge is -2.28. The minimum atomic E-state index is 0.278. The number of benzene rings is 1. The van der Waals surface area contributed by atoms with Gasteiger partial charge in [0.1, 0.15) is 0 Å². The van der Waals surface area contributed by atoms with Crippen molar-refractivity contribution in [1.29, 1.82) is 0 Å². The normalized spacial score (nSPS) is 15.7. The molecule has 0 aliphatic heterocycles. The summed E-state index contributed by atoms with van der Waals surface area (Å²) in [5.74, 6) is 0.278. The van der Waals surface area contributed by atoms with Crippen molar-refractivity contribution in [2.45, 2.75) is 45.1 Å². The standard InChI is InChI=1S/C16H22BrNO/c1-13-6-2-3-7-14(13)12-16(19)18(11-10-17)15-8-4-5-9-15/h2-3,6-7,15H,4-5,8-12H2,1H3. The number of aryl methyl sites for hydroxylation is 1. The van der Waals surface area contributed by atoms with Crippen molar-refractivity contribution in [2.24, 2.45) is 0 Å². The molecule has 2 nitrogen and oxygen atoms in total. The van der Waals surface area contributed by atoms with Gasteiger partial charge in [-0.05, 0) is 30.9 Å². The number of carbonyl (C=O) groups excluding carboxylic acids is 1. The number of alkyl halides is 1. The van der Waals surface area contributed by atoms with E-state index in [0.29, 0.717) is 12.5 Å². The average Bonchev–Trinajstić information content (AvgIpc) is 2.92. The van der Waals surface area contributed by atoms with Crippen LogP contribution in [0, 0.1) is 6.92 Å². The van der Waals surface area contributed by atoms with E-state index in [1.54, 1.807) is 0 Å². The fourth-order valence-electron chi connectivity index (χ4n) is 2.89. The van der Waals surface area contributed by atoms with Crippen LogP contribution in [0.25, 0.3) is 0 Å². The maximum atomic E-state index is 12.5. The highest BCUT2D eigenvalue weighted by Crippen LogP contribution is 2.24. The van der Waals surface area contributed by atoms with E-state index in [9.17, 15) is 4.79 Å². The highest BCUT2D eigenvalue weighted by atomic mass is 79.9. The van der Waals surface area contributed by atoms with Gasteiger partial charge in [0, 0.05) is 17.9 Å². The molecule has 2 rings (SSSR count). The van der Waals surface area contributed by atoms with Gasteiger partial charge < -0.3 is 4.90 Å². The zero-order chi connectivity index (χ0) is 13.7. The molecule has 0 heterocycles. The van der Waals surface area contributed by atoms with Crippen LogP contribution in [0.2, 0.25) is 0 Å². The molecular formula is C16H22BrNO. The lowest BCUT2D eigenvalue weighted by Crippen LogP contribution is -2.41. The van der Waals surface area contributed by atoms with Gasteiger partial charge in [-0.3, -0.25) is 4.79 Å². The van der Waals surface area contributed by atoms with Gasteiger partial charge in [-0.25, -0.2) is 0 Å². The Hall–Kier alpha value is -0.830. The fraction of sp³-hybridized carbons (Fsp3) is 0.562. The highest BCUT2D eigenvalue weighted by Gasteiger charge is 2.26. The first-order chi connectivity index (χ1) is 9.22. The molecule has 1 aromatic rings. The Kier molecular flexibility index (Phi) is 5.44. The molecule has 0 aromatic heterocycles. The van der Waals surface area contributed by atoms with Crippen molar-refractivity contribution in [2.75, 3.05) is 11.9 Å². The van der Waals surface area contributed by atoms with Gasteiger partial charge in [-0.2, -0.15) is 0 Å². The minimum Gasteiger partial charge on any atom is -0.339 e. The average molecular weight is 324 g/mol. The first kappa shape index (κ1) is 14.6. The lowest BCUT2D eigenvalue weighted by atomic mass is 10.0. The van der Waals surface area contributed by atoms with Crippen LogP contribution in [-0.2, 0) is 11.2 Å². The predicted octanol–water partition coefficient (Wildman–Crippen LogP) is 3.70. The molecule has 1 aliphatic rings. The summed E-state index contributed by atoms with van der Waals surface area (Å²) in [6.07, 6.45) is 5.41. The number of amides is 1. The Morgan fingerprint density at radius 2 is 2.00 bits per heavy atom. The van der Waals surface area contributed by atoms with E-state index in [4.69, 9.17) is 0 Å². The number of hydrogen-bond donors (Lipinski definition) is 0. The van der Waals surface area contributed by atoms with Gasteiger partial charge >= 0.3 is 0 Å². The van der Waals surface area contributed by atoms with E-state index >= 15 is 0 Å². The van der Waals surface area contributed by atoms with E-state index in [-0.39, 0.29) is 5.91 Å². The Balaban J connectivity index is 2.05. The highest BCUT2D eigenvalue weighted by molar-refractivity contribution is 9.09. The number of halogens is 1. The number of hydrogen-bond acceptors (Lipinski definition) is 1. The van der Waals surface area contributed by atoms with Crippen LogP contribution in [0.5, 0.6) is 0 Å². The molecule has 1 saturated carbocycles. The summed E-state index contributed by atoms with van der Waals surface area (Å²) in [6, 6.07) is 8.65. The second-order valence-electron chi connectivity index (χ2n) is 5.32. The quantitative estimate of drug-likeness (QED) is 0.756. The SMILES string of the molecule is Cc1ccccc1CC(=O)N(CCBr)C1CCCC1. The minimum absolute atomic E-state index is 0.278. The summed E-state index contributed by atoms with van der Waals surface area (Å²) in [6.45, 7) is 2.91. The van der Waals surface area contributed by atoms with Gasteiger partial charge in [0.2, 0.25) is 5.91 Å². The maximum absolute atomic E-state index is 12.5. The molecule has 0 atom stereocenters. The fourth-order valence-corrected chi connectivity index (χ4v) is 3.27. The van der Waals surface area contributed by atoms with Crippen LogP contribution in [0.15, 0.2) is 24.3 Å². The summed E-state index contributed by atoms with van der Waals surface area (Å²) in [4.78, 5) is 14.6. The smallest absolute Gasteiger partial charge is 0.227 e. The third-order valence-corrected chi connectivity index (χ3v) is 4.37. The summed E-state index contributed by atoms with van der Waals surface area (Å²) in [7, 11) is 0. The zero-order valence-electron chi connectivity index (χ0n) is 11.6. The van der Waals surface area contributed by atoms with Crippen LogP contribution in [0.1, 0.15) is 36.8 Å². The largest absolute Gasteiger partial charge is 0.339 e. The van der Waals surface area contributed by atoms with Gasteiger partial charge in [0.15, 0.2) is 0 Å². The van der Waals surface area contributed by atoms with Gasteiger partial charge in [0.05, 0.1) is 6.42 Å². The van der Waals surface area contributed by atoms with Gasteiger partial charge in [-0.15, -0.1) is 0 Å². The number of rotatable bonds is 5. The Morgan fingerprint density at radius 1 is 1.32 bits per heavy atom. The molecule has 0 unspecified atom stereocenters. The molecule has 0 saturated heterocycles. The van der Waals surface area contributed by atoms with Gasteiger partial charge in [-0.1, -0.05) is 53.0 Å². The second kappa shape index (κ2) is 7.09. The van der Waals surface area contributed by atoms with E-state index in [2.05, 4.69) is 39.9 Å². The molecular weight excluding hydrogens is 302 g/mol. The Labute approximate surface area is 124 Å². The molecule has 0 spiro atoms. The number of nitrogens with zero attached hydrogens (tertiary/aromatic N) is 1. The van der Waals surface area contributed by atoms with E-state index in [0.717, 1.165) is 17.4 Å². The van der Waals surface area contributed by atoms with Gasteiger partial charge in [0.25, 0.3) is 0 Å². The van der Waals surface area contributed by atoms with E-state index in [1.165, 1.54) is 31.2 Å². The lowest BCUT2D eigenvalue weighted by molar-refractivity contribution is -0.132. The molecule has 0 bridgehead atoms. The molecule has 1 amide bonds. The molecule has 1 aromatic carbocycles. The van der Waals surface area contributed by atoms with Crippen molar-refractivity contribution in [3.05, 3.63) is 35.4 Å². The molecule has 0 radical (unpaired) electrons. The monoisotopic (exact) mass is 323 g/mol. The third kappa shape index (κ3) is 3.82. The van der Waals surface area contributed by atoms with Crippen molar-refractivity contribution in [3.63, 3.8) is 0 Å². The molecule has 0 N–H and O–H groups in total. The molecule has 1 fully saturated rings. The van der Waals surface area contributed by atoms with Crippen LogP contribution >= 0.6 is 15.9 Å². The summed E-state index contributed by atoms with van der Waals surface area (Å²) in [5, 5.41) is 0.864. The molecule has 104 valence electrons. The molecule has 1 aliphatic carbocycles. The molecule has 19 heavy (non-hydrogen) atoms. The summed E-state index contributed by atoms with van der Waals surface area (Å²) < 4.78 is 0. The first-order valence-corrected chi connectivity index (χ1v) is 8.24. The summed E-state index contributed by atoms with van der Waals surface area (Å²) in [5.41, 5.74) is 2.37. The predicted molar refractivity (Wildman–Crippen MR) is 82.6 cm³/mol. The Bertz CT molecular complexity index is 427.